The predicted molar refractivity (Wildman–Crippen MR) is 136 cm³/mol. The van der Waals surface area contributed by atoms with E-state index in [1.807, 2.05) is 12.1 Å². The number of carbonyl (C=O) groups excluding carboxylic acids is 4. The first-order chi connectivity index (χ1) is 18.1. The summed E-state index contributed by atoms with van der Waals surface area (Å²) < 4.78 is 33.3. The van der Waals surface area contributed by atoms with Crippen LogP contribution in [0.4, 0.5) is 0 Å². The Hall–Kier alpha value is -3.14. The molecule has 1 aromatic rings. The van der Waals surface area contributed by atoms with Crippen molar-refractivity contribution in [2.75, 3.05) is 6.61 Å². The second-order valence-corrected chi connectivity index (χ2v) is 9.35. The molecule has 1 aliphatic rings. The van der Waals surface area contributed by atoms with E-state index in [1.54, 1.807) is 12.1 Å². The molecule has 0 radical (unpaired) electrons. The van der Waals surface area contributed by atoms with E-state index in [2.05, 4.69) is 6.92 Å². The van der Waals surface area contributed by atoms with Gasteiger partial charge in [-0.15, -0.1) is 0 Å². The standard InChI is InChI=1S/C28H40O10/c1-6-7-8-9-10-11-12-22-13-15-23(16-14-22)37-28-27(36-21(5)32)26(35-20(4)31)25(34-19(3)30)24(38-28)17-33-18(2)29/h13-16,24-28H,6-12,17H2,1-5H3/t24-,25-,26+,27-,28-/m1/s1. The highest BCUT2D eigenvalue weighted by Crippen LogP contribution is 2.31. The van der Waals surface area contributed by atoms with Gasteiger partial charge in [-0.25, -0.2) is 0 Å². The van der Waals surface area contributed by atoms with Gasteiger partial charge in [0.1, 0.15) is 18.5 Å². The predicted octanol–water partition coefficient (Wildman–Crippen LogP) is 4.05. The minimum Gasteiger partial charge on any atom is -0.463 e. The highest BCUT2D eigenvalue weighted by atomic mass is 16.7. The fourth-order valence-corrected chi connectivity index (χ4v) is 4.26. The zero-order chi connectivity index (χ0) is 28.1. The van der Waals surface area contributed by atoms with Gasteiger partial charge in [-0.2, -0.15) is 0 Å². The van der Waals surface area contributed by atoms with E-state index in [4.69, 9.17) is 28.4 Å². The van der Waals surface area contributed by atoms with Crippen LogP contribution < -0.4 is 4.74 Å². The van der Waals surface area contributed by atoms with Crippen molar-refractivity contribution in [1.29, 1.82) is 0 Å². The SMILES string of the molecule is CCCCCCCCc1ccc(O[C@@H]2O[C@H](COC(C)=O)[C@@H](OC(C)=O)[C@H](OC(C)=O)[C@H]2OC(C)=O)cc1. The Morgan fingerprint density at radius 3 is 1.84 bits per heavy atom. The van der Waals surface area contributed by atoms with Crippen molar-refractivity contribution in [3.8, 4) is 5.75 Å². The molecule has 0 unspecified atom stereocenters. The van der Waals surface area contributed by atoms with Crippen LogP contribution in [0.1, 0.15) is 78.7 Å². The van der Waals surface area contributed by atoms with Crippen molar-refractivity contribution >= 4 is 23.9 Å². The molecule has 2 rings (SSSR count). The number of aryl methyl sites for hydroxylation is 1. The monoisotopic (exact) mass is 536 g/mol. The fourth-order valence-electron chi connectivity index (χ4n) is 4.26. The minimum atomic E-state index is -1.27. The molecule has 10 heteroatoms. The summed E-state index contributed by atoms with van der Waals surface area (Å²) in [6, 6.07) is 7.46. The molecule has 1 heterocycles. The second-order valence-electron chi connectivity index (χ2n) is 9.35. The lowest BCUT2D eigenvalue weighted by molar-refractivity contribution is -0.288. The van der Waals surface area contributed by atoms with Crippen molar-refractivity contribution < 1.29 is 47.6 Å². The van der Waals surface area contributed by atoms with Gasteiger partial charge in [0.05, 0.1) is 0 Å². The lowest BCUT2D eigenvalue weighted by Gasteiger charge is -2.43. The van der Waals surface area contributed by atoms with E-state index in [9.17, 15) is 19.2 Å². The van der Waals surface area contributed by atoms with Crippen LogP contribution in [0.2, 0.25) is 0 Å². The summed E-state index contributed by atoms with van der Waals surface area (Å²) in [5.41, 5.74) is 1.16. The number of carbonyl (C=O) groups is 4. The lowest BCUT2D eigenvalue weighted by Crippen LogP contribution is -2.63. The molecular weight excluding hydrogens is 496 g/mol. The summed E-state index contributed by atoms with van der Waals surface area (Å²) >= 11 is 0. The van der Waals surface area contributed by atoms with E-state index in [0.29, 0.717) is 5.75 Å². The number of unbranched alkanes of at least 4 members (excludes halogenated alkanes) is 5. The van der Waals surface area contributed by atoms with Gasteiger partial charge in [-0.1, -0.05) is 51.2 Å². The van der Waals surface area contributed by atoms with Gasteiger partial charge in [0, 0.05) is 27.7 Å². The van der Waals surface area contributed by atoms with Crippen molar-refractivity contribution in [3.63, 3.8) is 0 Å². The van der Waals surface area contributed by atoms with Crippen LogP contribution in [0.15, 0.2) is 24.3 Å². The van der Waals surface area contributed by atoms with E-state index in [1.165, 1.54) is 59.8 Å². The Labute approximate surface area is 224 Å². The van der Waals surface area contributed by atoms with Crippen molar-refractivity contribution in [3.05, 3.63) is 29.8 Å². The van der Waals surface area contributed by atoms with Crippen LogP contribution in [0.5, 0.6) is 5.75 Å². The molecule has 1 aromatic carbocycles. The summed E-state index contributed by atoms with van der Waals surface area (Å²) in [6.07, 6.45) is 2.15. The Morgan fingerprint density at radius 2 is 1.26 bits per heavy atom. The highest BCUT2D eigenvalue weighted by molar-refractivity contribution is 5.68. The van der Waals surface area contributed by atoms with Crippen LogP contribution in [-0.4, -0.2) is 61.2 Å². The molecule has 1 aliphatic heterocycles. The minimum absolute atomic E-state index is 0.311. The quantitative estimate of drug-likeness (QED) is 0.195. The molecular formula is C28H40O10. The largest absolute Gasteiger partial charge is 0.463 e. The molecule has 0 aliphatic carbocycles. The number of hydrogen-bond acceptors (Lipinski definition) is 10. The third-order valence-corrected chi connectivity index (χ3v) is 5.94. The maximum absolute atomic E-state index is 11.9. The van der Waals surface area contributed by atoms with Gasteiger partial charge in [-0.05, 0) is 30.5 Å². The summed E-state index contributed by atoms with van der Waals surface area (Å²) in [4.78, 5) is 47.2. The van der Waals surface area contributed by atoms with Crippen LogP contribution in [-0.2, 0) is 49.3 Å². The summed E-state index contributed by atoms with van der Waals surface area (Å²) in [5.74, 6) is -2.23. The zero-order valence-electron chi connectivity index (χ0n) is 22.9. The van der Waals surface area contributed by atoms with Crippen molar-refractivity contribution in [2.24, 2.45) is 0 Å². The van der Waals surface area contributed by atoms with Gasteiger partial charge < -0.3 is 28.4 Å². The molecule has 0 N–H and O–H groups in total. The molecule has 10 nitrogen and oxygen atoms in total. The van der Waals surface area contributed by atoms with Crippen molar-refractivity contribution in [2.45, 2.75) is 110 Å². The zero-order valence-corrected chi connectivity index (χ0v) is 22.9. The third-order valence-electron chi connectivity index (χ3n) is 5.94. The van der Waals surface area contributed by atoms with Crippen LogP contribution >= 0.6 is 0 Å². The van der Waals surface area contributed by atoms with Gasteiger partial charge in [-0.3, -0.25) is 19.2 Å². The average molecular weight is 537 g/mol. The maximum Gasteiger partial charge on any atom is 0.303 e. The van der Waals surface area contributed by atoms with Gasteiger partial charge >= 0.3 is 23.9 Å². The van der Waals surface area contributed by atoms with Crippen molar-refractivity contribution in [1.82, 2.24) is 0 Å². The average Bonchev–Trinajstić information content (AvgIpc) is 2.84. The molecule has 0 aromatic heterocycles. The van der Waals surface area contributed by atoms with Gasteiger partial charge in [0.25, 0.3) is 0 Å². The number of hydrogen-bond donors (Lipinski definition) is 0. The first-order valence-electron chi connectivity index (χ1n) is 13.2. The van der Waals surface area contributed by atoms with Crippen LogP contribution in [0, 0.1) is 0 Å². The fraction of sp³-hybridized carbons (Fsp3) is 0.643. The molecule has 0 saturated carbocycles. The van der Waals surface area contributed by atoms with E-state index < -0.39 is 54.6 Å². The summed E-state index contributed by atoms with van der Waals surface area (Å²) in [7, 11) is 0. The number of benzene rings is 1. The lowest BCUT2D eigenvalue weighted by atomic mass is 9.98. The number of esters is 4. The van der Waals surface area contributed by atoms with E-state index >= 15 is 0 Å². The summed E-state index contributed by atoms with van der Waals surface area (Å²) in [6.45, 7) is 6.63. The Kier molecular flexibility index (Phi) is 13.1. The Balaban J connectivity index is 2.22. The maximum atomic E-state index is 11.9. The first kappa shape index (κ1) is 31.1. The van der Waals surface area contributed by atoms with Gasteiger partial charge in [0.2, 0.25) is 12.4 Å². The molecule has 1 saturated heterocycles. The van der Waals surface area contributed by atoms with E-state index in [0.717, 1.165) is 18.4 Å². The molecule has 5 atom stereocenters. The highest BCUT2D eigenvalue weighted by Gasteiger charge is 2.53. The number of rotatable bonds is 14. The van der Waals surface area contributed by atoms with Gasteiger partial charge in [0.15, 0.2) is 12.2 Å². The smallest absolute Gasteiger partial charge is 0.303 e. The molecule has 0 bridgehead atoms. The third kappa shape index (κ3) is 10.7. The molecule has 38 heavy (non-hydrogen) atoms. The second kappa shape index (κ2) is 16.0. The van der Waals surface area contributed by atoms with Crippen LogP contribution in [0.3, 0.4) is 0 Å². The topological polar surface area (TPSA) is 124 Å². The number of ether oxygens (including phenoxy) is 6. The van der Waals surface area contributed by atoms with Crippen LogP contribution in [0.25, 0.3) is 0 Å². The molecule has 1 fully saturated rings. The first-order valence-corrected chi connectivity index (χ1v) is 13.2. The molecule has 0 amide bonds. The Morgan fingerprint density at radius 1 is 0.711 bits per heavy atom. The molecule has 212 valence electrons. The van der Waals surface area contributed by atoms with E-state index in [-0.39, 0.29) is 6.61 Å². The Bertz CT molecular complexity index is 913. The summed E-state index contributed by atoms with van der Waals surface area (Å²) in [5, 5.41) is 0. The normalized spacial score (nSPS) is 22.7. The molecule has 0 spiro atoms.